The molecule has 0 spiro atoms. The number of pyridine rings is 1. The van der Waals surface area contributed by atoms with Crippen LogP contribution in [0.25, 0.3) is 6.08 Å². The molecule has 0 aliphatic carbocycles. The third kappa shape index (κ3) is 3.04. The van der Waals surface area contributed by atoms with E-state index in [1.807, 2.05) is 27.7 Å². The van der Waals surface area contributed by atoms with Crippen LogP contribution in [0.4, 0.5) is 4.39 Å². The fourth-order valence-corrected chi connectivity index (χ4v) is 2.05. The maximum absolute atomic E-state index is 13.6. The molecule has 22 heavy (non-hydrogen) atoms. The summed E-state index contributed by atoms with van der Waals surface area (Å²) >= 11 is 0. The summed E-state index contributed by atoms with van der Waals surface area (Å²) in [5.74, 6) is -0.665. The molecule has 1 aliphatic heterocycles. The van der Waals surface area contributed by atoms with Crippen LogP contribution >= 0.6 is 0 Å². The number of halogens is 1. The number of hydrogen-bond donors (Lipinski definition) is 1. The monoisotopic (exact) mass is 303 g/mol. The molecule has 1 aliphatic rings. The van der Waals surface area contributed by atoms with Gasteiger partial charge in [0.25, 0.3) is 0 Å². The molecule has 2 heterocycles. The second kappa shape index (κ2) is 5.80. The van der Waals surface area contributed by atoms with Gasteiger partial charge in [-0.25, -0.2) is 9.37 Å². The van der Waals surface area contributed by atoms with Crippen LogP contribution in [0.5, 0.6) is 0 Å². The van der Waals surface area contributed by atoms with E-state index in [4.69, 9.17) is 20.3 Å². The quantitative estimate of drug-likeness (QED) is 0.864. The predicted octanol–water partition coefficient (Wildman–Crippen LogP) is 2.07. The van der Waals surface area contributed by atoms with E-state index in [0.29, 0.717) is 11.0 Å². The average Bonchev–Trinajstić information content (AvgIpc) is 2.65. The molecule has 116 valence electrons. The van der Waals surface area contributed by atoms with Crippen molar-refractivity contribution in [1.82, 2.24) is 4.98 Å². The summed E-state index contributed by atoms with van der Waals surface area (Å²) in [5.41, 5.74) is 5.79. The molecule has 0 atom stereocenters. The first kappa shape index (κ1) is 16.6. The van der Waals surface area contributed by atoms with E-state index in [1.54, 1.807) is 12.1 Å². The van der Waals surface area contributed by atoms with Gasteiger partial charge in [-0.3, -0.25) is 0 Å². The first-order chi connectivity index (χ1) is 10.2. The van der Waals surface area contributed by atoms with Crippen molar-refractivity contribution in [3.05, 3.63) is 34.8 Å². The van der Waals surface area contributed by atoms with E-state index in [0.717, 1.165) is 0 Å². The summed E-state index contributed by atoms with van der Waals surface area (Å²) in [6.07, 6.45) is 3.10. The zero-order valence-electron chi connectivity index (χ0n) is 13.2. The van der Waals surface area contributed by atoms with Crippen LogP contribution in [0.3, 0.4) is 0 Å². The van der Waals surface area contributed by atoms with Gasteiger partial charge < -0.3 is 15.0 Å². The summed E-state index contributed by atoms with van der Waals surface area (Å²) in [4.78, 5) is 3.76. The highest BCUT2D eigenvalue weighted by atomic mass is 19.1. The van der Waals surface area contributed by atoms with Gasteiger partial charge in [-0.15, -0.1) is 0 Å². The third-order valence-corrected chi connectivity index (χ3v) is 4.11. The highest BCUT2D eigenvalue weighted by molar-refractivity contribution is 6.55. The molecular formula is C15H19BFN3O2. The Balaban J connectivity index is 2.30. The smallest absolute Gasteiger partial charge is 0.400 e. The van der Waals surface area contributed by atoms with Gasteiger partial charge in [-0.05, 0) is 44.8 Å². The first-order valence-corrected chi connectivity index (χ1v) is 7.02. The standard InChI is InChI=1S/C15H19BFN3O2/c1-14(2)15(3,4)22-16(21-14)11(7-18)5-10-6-12(17)13(8-19)20-9-10/h5-6,9H,7,18H2,1-4H3. The lowest BCUT2D eigenvalue weighted by Gasteiger charge is -2.32. The Morgan fingerprint density at radius 3 is 2.45 bits per heavy atom. The lowest BCUT2D eigenvalue weighted by atomic mass is 9.77. The number of rotatable bonds is 3. The Bertz CT molecular complexity index is 637. The normalized spacial score (nSPS) is 20.0. The molecule has 5 nitrogen and oxygen atoms in total. The average molecular weight is 303 g/mol. The topological polar surface area (TPSA) is 81.2 Å². The number of aromatic nitrogens is 1. The maximum Gasteiger partial charge on any atom is 0.491 e. The van der Waals surface area contributed by atoms with Crippen LogP contribution < -0.4 is 5.73 Å². The molecule has 2 N–H and O–H groups in total. The molecule has 7 heteroatoms. The summed E-state index contributed by atoms with van der Waals surface area (Å²) in [6, 6.07) is 2.93. The fraction of sp³-hybridized carbons (Fsp3) is 0.467. The minimum absolute atomic E-state index is 0.207. The molecule has 0 radical (unpaired) electrons. The largest absolute Gasteiger partial charge is 0.491 e. The molecule has 1 aromatic heterocycles. The van der Waals surface area contributed by atoms with E-state index in [9.17, 15) is 4.39 Å². The van der Waals surface area contributed by atoms with Crippen molar-refractivity contribution in [2.45, 2.75) is 38.9 Å². The molecule has 0 saturated carbocycles. The highest BCUT2D eigenvalue weighted by Crippen LogP contribution is 2.38. The Hall–Kier alpha value is -1.75. The van der Waals surface area contributed by atoms with E-state index in [-0.39, 0.29) is 12.2 Å². The molecule has 0 aromatic carbocycles. The minimum Gasteiger partial charge on any atom is -0.400 e. The summed E-state index contributed by atoms with van der Waals surface area (Å²) < 4.78 is 25.5. The molecule has 2 rings (SSSR count). The van der Waals surface area contributed by atoms with Crippen molar-refractivity contribution >= 4 is 13.2 Å². The van der Waals surface area contributed by atoms with Crippen molar-refractivity contribution < 1.29 is 13.7 Å². The van der Waals surface area contributed by atoms with Crippen LogP contribution in [-0.4, -0.2) is 29.8 Å². The van der Waals surface area contributed by atoms with E-state index < -0.39 is 24.1 Å². The highest BCUT2D eigenvalue weighted by Gasteiger charge is 2.52. The number of hydrogen-bond acceptors (Lipinski definition) is 5. The van der Waals surface area contributed by atoms with E-state index >= 15 is 0 Å². The first-order valence-electron chi connectivity index (χ1n) is 7.02. The van der Waals surface area contributed by atoms with E-state index in [2.05, 4.69) is 4.98 Å². The summed E-state index contributed by atoms with van der Waals surface area (Å²) in [6.45, 7) is 8.00. The Morgan fingerprint density at radius 2 is 2.00 bits per heavy atom. The maximum atomic E-state index is 13.6. The van der Waals surface area contributed by atoms with Crippen molar-refractivity contribution in [2.75, 3.05) is 6.54 Å². The van der Waals surface area contributed by atoms with Crippen LogP contribution in [0.2, 0.25) is 0 Å². The van der Waals surface area contributed by atoms with Crippen LogP contribution in [0.15, 0.2) is 17.7 Å². The van der Waals surface area contributed by atoms with Crippen LogP contribution in [-0.2, 0) is 9.31 Å². The third-order valence-electron chi connectivity index (χ3n) is 4.11. The molecule has 0 bridgehead atoms. The lowest BCUT2D eigenvalue weighted by molar-refractivity contribution is 0.00578. The zero-order chi connectivity index (χ0) is 16.5. The van der Waals surface area contributed by atoms with Gasteiger partial charge in [-0.2, -0.15) is 5.26 Å². The Kier molecular flexibility index (Phi) is 4.38. The van der Waals surface area contributed by atoms with Crippen molar-refractivity contribution in [3.8, 4) is 6.07 Å². The second-order valence-electron chi connectivity index (χ2n) is 6.22. The van der Waals surface area contributed by atoms with Gasteiger partial charge in [0, 0.05) is 12.7 Å². The molecule has 1 saturated heterocycles. The minimum atomic E-state index is -0.665. The van der Waals surface area contributed by atoms with Crippen LogP contribution in [0.1, 0.15) is 39.0 Å². The zero-order valence-corrected chi connectivity index (χ0v) is 13.2. The Morgan fingerprint density at radius 1 is 1.41 bits per heavy atom. The Labute approximate surface area is 130 Å². The molecule has 1 aromatic rings. The van der Waals surface area contributed by atoms with Gasteiger partial charge in [-0.1, -0.05) is 6.08 Å². The van der Waals surface area contributed by atoms with Gasteiger partial charge >= 0.3 is 7.12 Å². The van der Waals surface area contributed by atoms with Gasteiger partial charge in [0.1, 0.15) is 6.07 Å². The SMILES string of the molecule is CC1(C)OB(C(=Cc2cnc(C#N)c(F)c2)CN)OC1(C)C. The number of nitrogens with two attached hydrogens (primary N) is 1. The van der Waals surface area contributed by atoms with Crippen molar-refractivity contribution in [2.24, 2.45) is 5.73 Å². The van der Waals surface area contributed by atoms with Gasteiger partial charge in [0.15, 0.2) is 11.5 Å². The predicted molar refractivity (Wildman–Crippen MR) is 82.0 cm³/mol. The van der Waals surface area contributed by atoms with Crippen molar-refractivity contribution in [1.29, 1.82) is 5.26 Å². The molecule has 0 unspecified atom stereocenters. The molecule has 0 amide bonds. The lowest BCUT2D eigenvalue weighted by Crippen LogP contribution is -2.41. The van der Waals surface area contributed by atoms with Gasteiger partial charge in [0.2, 0.25) is 0 Å². The summed E-state index contributed by atoms with van der Waals surface area (Å²) in [7, 11) is -0.589. The second-order valence-corrected chi connectivity index (χ2v) is 6.22. The summed E-state index contributed by atoms with van der Waals surface area (Å²) in [5, 5.41) is 8.70. The number of nitrogens with zero attached hydrogens (tertiary/aromatic N) is 2. The fourth-order valence-electron chi connectivity index (χ4n) is 2.05. The number of nitriles is 1. The van der Waals surface area contributed by atoms with Crippen molar-refractivity contribution in [3.63, 3.8) is 0 Å². The van der Waals surface area contributed by atoms with Gasteiger partial charge in [0.05, 0.1) is 11.2 Å². The van der Waals surface area contributed by atoms with Crippen LogP contribution in [0, 0.1) is 17.1 Å². The molecular weight excluding hydrogens is 284 g/mol. The van der Waals surface area contributed by atoms with E-state index in [1.165, 1.54) is 12.3 Å². The molecule has 1 fully saturated rings.